The second kappa shape index (κ2) is 7.06. The lowest BCUT2D eigenvalue weighted by Gasteiger charge is -2.15. The summed E-state index contributed by atoms with van der Waals surface area (Å²) in [7, 11) is 1.54. The second-order valence-corrected chi connectivity index (χ2v) is 4.36. The molecule has 1 aromatic rings. The van der Waals surface area contributed by atoms with Gasteiger partial charge >= 0.3 is 0 Å². The van der Waals surface area contributed by atoms with E-state index in [0.29, 0.717) is 13.0 Å². The minimum absolute atomic E-state index is 0.00508. The van der Waals surface area contributed by atoms with Gasteiger partial charge in [0.15, 0.2) is 0 Å². The first kappa shape index (κ1) is 15.4. The highest BCUT2D eigenvalue weighted by Crippen LogP contribution is 2.25. The van der Waals surface area contributed by atoms with Gasteiger partial charge in [-0.1, -0.05) is 18.5 Å². The number of halogens is 1. The summed E-state index contributed by atoms with van der Waals surface area (Å²) < 4.78 is 4.97. The number of nitro groups is 1. The summed E-state index contributed by atoms with van der Waals surface area (Å²) in [5.74, 6) is -0.385. The van der Waals surface area contributed by atoms with E-state index in [1.165, 1.54) is 12.1 Å². The van der Waals surface area contributed by atoms with Gasteiger partial charge in [-0.25, -0.2) is 0 Å². The zero-order valence-corrected chi connectivity index (χ0v) is 11.4. The maximum absolute atomic E-state index is 11.9. The van der Waals surface area contributed by atoms with Gasteiger partial charge in [-0.05, 0) is 18.6 Å². The quantitative estimate of drug-likeness (QED) is 0.643. The molecule has 1 aromatic carbocycles. The molecule has 1 unspecified atom stereocenters. The Morgan fingerprint density at radius 3 is 2.79 bits per heavy atom. The van der Waals surface area contributed by atoms with Gasteiger partial charge in [0.25, 0.3) is 11.6 Å². The third-order valence-corrected chi connectivity index (χ3v) is 2.92. The number of hydrogen-bond acceptors (Lipinski definition) is 4. The molecule has 1 amide bonds. The summed E-state index contributed by atoms with van der Waals surface area (Å²) in [6.07, 6.45) is 0.704. The molecule has 0 aliphatic rings. The Balaban J connectivity index is 2.88. The largest absolute Gasteiger partial charge is 0.383 e. The van der Waals surface area contributed by atoms with Crippen LogP contribution in [-0.2, 0) is 4.74 Å². The molecule has 6 nitrogen and oxygen atoms in total. The number of nitro benzene ring substituents is 1. The molecule has 0 spiro atoms. The molecular weight excluding hydrogens is 272 g/mol. The van der Waals surface area contributed by atoms with Crippen LogP contribution in [-0.4, -0.2) is 30.6 Å². The minimum Gasteiger partial charge on any atom is -0.383 e. The number of ether oxygens (including phenoxy) is 1. The summed E-state index contributed by atoms with van der Waals surface area (Å²) >= 11 is 5.69. The van der Waals surface area contributed by atoms with E-state index in [9.17, 15) is 14.9 Å². The molecule has 0 aromatic heterocycles. The molecule has 7 heteroatoms. The Labute approximate surface area is 115 Å². The zero-order valence-electron chi connectivity index (χ0n) is 10.7. The van der Waals surface area contributed by atoms with Crippen LogP contribution in [0, 0.1) is 10.1 Å². The van der Waals surface area contributed by atoms with Crippen molar-refractivity contribution in [3.63, 3.8) is 0 Å². The Kier molecular flexibility index (Phi) is 5.72. The number of rotatable bonds is 6. The fourth-order valence-corrected chi connectivity index (χ4v) is 1.71. The van der Waals surface area contributed by atoms with E-state index in [2.05, 4.69) is 5.32 Å². The number of nitrogens with zero attached hydrogens (tertiary/aromatic N) is 1. The highest BCUT2D eigenvalue weighted by atomic mass is 35.5. The lowest BCUT2D eigenvalue weighted by molar-refractivity contribution is -0.384. The highest BCUT2D eigenvalue weighted by Gasteiger charge is 2.18. The van der Waals surface area contributed by atoms with Crippen LogP contribution in [0.25, 0.3) is 0 Å². The van der Waals surface area contributed by atoms with Gasteiger partial charge in [0.1, 0.15) is 5.02 Å². The molecule has 0 aliphatic carbocycles. The number of methoxy groups -OCH3 is 1. The molecule has 1 rings (SSSR count). The van der Waals surface area contributed by atoms with E-state index in [4.69, 9.17) is 16.3 Å². The SMILES string of the molecule is CCC(COC)NC(=O)c1ccc(Cl)c([N+](=O)[O-])c1. The lowest BCUT2D eigenvalue weighted by atomic mass is 10.1. The van der Waals surface area contributed by atoms with E-state index < -0.39 is 4.92 Å². The van der Waals surface area contributed by atoms with Gasteiger partial charge < -0.3 is 10.1 Å². The van der Waals surface area contributed by atoms with Crippen LogP contribution in [0.4, 0.5) is 5.69 Å². The first-order valence-corrected chi connectivity index (χ1v) is 6.11. The van der Waals surface area contributed by atoms with E-state index >= 15 is 0 Å². The van der Waals surface area contributed by atoms with Gasteiger partial charge in [-0.15, -0.1) is 0 Å². The smallest absolute Gasteiger partial charge is 0.288 e. The van der Waals surface area contributed by atoms with Crippen molar-refractivity contribution < 1.29 is 14.5 Å². The van der Waals surface area contributed by atoms with Crippen molar-refractivity contribution >= 4 is 23.2 Å². The molecule has 0 fully saturated rings. The Morgan fingerprint density at radius 1 is 1.58 bits per heavy atom. The van der Waals surface area contributed by atoms with Crippen molar-refractivity contribution in [2.75, 3.05) is 13.7 Å². The second-order valence-electron chi connectivity index (χ2n) is 3.96. The molecule has 0 saturated heterocycles. The predicted molar refractivity (Wildman–Crippen MR) is 71.5 cm³/mol. The lowest BCUT2D eigenvalue weighted by Crippen LogP contribution is -2.37. The van der Waals surface area contributed by atoms with Crippen LogP contribution in [0.3, 0.4) is 0 Å². The Morgan fingerprint density at radius 2 is 2.26 bits per heavy atom. The van der Waals surface area contributed by atoms with Gasteiger partial charge in [0.05, 0.1) is 17.6 Å². The number of benzene rings is 1. The van der Waals surface area contributed by atoms with Crippen LogP contribution < -0.4 is 5.32 Å². The van der Waals surface area contributed by atoms with Gasteiger partial charge in [0.2, 0.25) is 0 Å². The van der Waals surface area contributed by atoms with Crippen LogP contribution in [0.5, 0.6) is 0 Å². The predicted octanol–water partition coefficient (Wildman–Crippen LogP) is 2.40. The average molecular weight is 287 g/mol. The summed E-state index contributed by atoms with van der Waals surface area (Å²) in [6.45, 7) is 2.30. The standard InChI is InChI=1S/C12H15ClN2O4/c1-3-9(7-19-2)14-12(16)8-4-5-10(13)11(6-8)15(17)18/h4-6,9H,3,7H2,1-2H3,(H,14,16). The van der Waals surface area contributed by atoms with Crippen molar-refractivity contribution in [2.45, 2.75) is 19.4 Å². The number of hydrogen-bond donors (Lipinski definition) is 1. The molecule has 0 radical (unpaired) electrons. The van der Waals surface area contributed by atoms with Crippen molar-refractivity contribution in [2.24, 2.45) is 0 Å². The van der Waals surface area contributed by atoms with Crippen molar-refractivity contribution in [1.82, 2.24) is 5.32 Å². The molecule has 104 valence electrons. The normalized spacial score (nSPS) is 11.9. The number of nitrogens with one attached hydrogen (secondary N) is 1. The van der Waals surface area contributed by atoms with Gasteiger partial charge in [-0.2, -0.15) is 0 Å². The molecule has 1 N–H and O–H groups in total. The molecule has 0 bridgehead atoms. The monoisotopic (exact) mass is 286 g/mol. The number of carbonyl (C=O) groups excluding carboxylic acids is 1. The van der Waals surface area contributed by atoms with Gasteiger partial charge in [-0.3, -0.25) is 14.9 Å². The van der Waals surface area contributed by atoms with E-state index in [-0.39, 0.29) is 28.2 Å². The topological polar surface area (TPSA) is 81.5 Å². The molecule has 0 aliphatic heterocycles. The highest BCUT2D eigenvalue weighted by molar-refractivity contribution is 6.32. The first-order chi connectivity index (χ1) is 8.99. The van der Waals surface area contributed by atoms with Crippen LogP contribution in [0.15, 0.2) is 18.2 Å². The van der Waals surface area contributed by atoms with Gasteiger partial charge in [0, 0.05) is 18.7 Å². The summed E-state index contributed by atoms with van der Waals surface area (Å²) in [6, 6.07) is 3.82. The van der Waals surface area contributed by atoms with Crippen LogP contribution >= 0.6 is 11.6 Å². The van der Waals surface area contributed by atoms with Crippen LogP contribution in [0.2, 0.25) is 5.02 Å². The maximum Gasteiger partial charge on any atom is 0.288 e. The van der Waals surface area contributed by atoms with Crippen molar-refractivity contribution in [3.8, 4) is 0 Å². The number of amides is 1. The average Bonchev–Trinajstić information content (AvgIpc) is 2.38. The molecule has 1 atom stereocenters. The fourth-order valence-electron chi connectivity index (χ4n) is 1.53. The number of carbonyl (C=O) groups is 1. The molecule has 0 saturated carbocycles. The molecule has 0 heterocycles. The third-order valence-electron chi connectivity index (χ3n) is 2.60. The molecule has 19 heavy (non-hydrogen) atoms. The van der Waals surface area contributed by atoms with E-state index in [1.807, 2.05) is 6.92 Å². The zero-order chi connectivity index (χ0) is 14.4. The van der Waals surface area contributed by atoms with E-state index in [1.54, 1.807) is 7.11 Å². The van der Waals surface area contributed by atoms with E-state index in [0.717, 1.165) is 6.07 Å². The Hall–Kier alpha value is -1.66. The first-order valence-electron chi connectivity index (χ1n) is 5.73. The molecular formula is C12H15ClN2O4. The Bertz CT molecular complexity index is 479. The third kappa shape index (κ3) is 4.18. The van der Waals surface area contributed by atoms with Crippen molar-refractivity contribution in [3.05, 3.63) is 38.9 Å². The summed E-state index contributed by atoms with van der Waals surface area (Å²) in [5.41, 5.74) is -0.0836. The minimum atomic E-state index is -0.619. The summed E-state index contributed by atoms with van der Waals surface area (Å²) in [5, 5.41) is 13.5. The summed E-state index contributed by atoms with van der Waals surface area (Å²) in [4.78, 5) is 22.1. The maximum atomic E-state index is 11.9. The van der Waals surface area contributed by atoms with Crippen LogP contribution in [0.1, 0.15) is 23.7 Å². The van der Waals surface area contributed by atoms with Crippen molar-refractivity contribution in [1.29, 1.82) is 0 Å². The fraction of sp³-hybridized carbons (Fsp3) is 0.417.